The van der Waals surface area contributed by atoms with Crippen molar-refractivity contribution in [1.82, 2.24) is 9.62 Å². The van der Waals surface area contributed by atoms with E-state index in [1.165, 1.54) is 11.1 Å². The molecule has 9 nitrogen and oxygen atoms in total. The number of aryl methyl sites for hydroxylation is 1. The van der Waals surface area contributed by atoms with E-state index in [9.17, 15) is 9.00 Å². The van der Waals surface area contributed by atoms with Crippen LogP contribution in [-0.2, 0) is 35.8 Å². The molecule has 1 unspecified atom stereocenters. The molecule has 2 aliphatic carbocycles. The van der Waals surface area contributed by atoms with Crippen LogP contribution in [0.3, 0.4) is 0 Å². The monoisotopic (exact) mass is 753 g/mol. The van der Waals surface area contributed by atoms with Gasteiger partial charge in [0, 0.05) is 54.5 Å². The van der Waals surface area contributed by atoms with E-state index in [1.54, 1.807) is 13.2 Å². The zero-order chi connectivity index (χ0) is 36.5. The fourth-order valence-electron chi connectivity index (χ4n) is 9.05. The van der Waals surface area contributed by atoms with Crippen LogP contribution in [0.1, 0.15) is 67.4 Å². The Hall–Kier alpha value is -2.60. The molecule has 2 bridgehead atoms. The van der Waals surface area contributed by atoms with Gasteiger partial charge in [0.15, 0.2) is 0 Å². The molecule has 0 radical (unpaired) electrons. The Morgan fingerprint density at radius 2 is 2.04 bits per heavy atom. The summed E-state index contributed by atoms with van der Waals surface area (Å²) >= 11 is 6.49. The summed E-state index contributed by atoms with van der Waals surface area (Å²) in [5.41, 5.74) is 3.75. The molecular formula is C41H56ClN3O6S. The standard InChI is InChI=1S/C41H56ClN3O6S/c1-28-7-5-9-38(50-20-18-44-17-19-49-25-34(44)24-48-3)35-13-10-32(35)23-45-26-41(16-6-8-30-21-33(42)12-14-36(30)41)27-51-39-15-11-31(22-37(39)45)40(46)43-52(4,47)29(28)2/h5,9,11-12,14-15,21-22,28-29,32,34-35,38H,4,6-8,10,13,16-20,23-27H2,1-3H3,(H,43,46,47)/b9-5+/t28-,29+,32-,34-,35+,38-,41-,52?/m0/s1. The van der Waals surface area contributed by atoms with Crippen LogP contribution < -0.4 is 14.4 Å². The SMILES string of the molecule is C=S1(=O)NC(=O)c2ccc3c(c2)N(C[C@@H]2CC[C@H]2[C@@H](OCCN2CCOC[C@@H]2COC)/C=C/C[C@H](C)[C@H]1C)C[C@@]1(CCCc2cc(Cl)ccc21)CO3. The van der Waals surface area contributed by atoms with Crippen molar-refractivity contribution in [3.05, 3.63) is 70.3 Å². The number of benzene rings is 2. The molecule has 11 heteroatoms. The van der Waals surface area contributed by atoms with Crippen LogP contribution >= 0.6 is 11.6 Å². The topological polar surface area (TPSA) is 89.6 Å². The lowest BCUT2D eigenvalue weighted by molar-refractivity contribution is -0.0607. The largest absolute Gasteiger partial charge is 0.490 e. The molecule has 7 rings (SSSR count). The zero-order valence-electron chi connectivity index (χ0n) is 31.0. The Morgan fingerprint density at radius 3 is 2.85 bits per heavy atom. The van der Waals surface area contributed by atoms with E-state index in [0.717, 1.165) is 81.3 Å². The summed E-state index contributed by atoms with van der Waals surface area (Å²) in [4.78, 5) is 18.6. The Morgan fingerprint density at radius 1 is 1.17 bits per heavy atom. The van der Waals surface area contributed by atoms with Gasteiger partial charge in [0.05, 0.1) is 60.6 Å². The zero-order valence-corrected chi connectivity index (χ0v) is 32.6. The van der Waals surface area contributed by atoms with Gasteiger partial charge in [0.1, 0.15) is 5.75 Å². The molecule has 3 heterocycles. The minimum atomic E-state index is -2.94. The van der Waals surface area contributed by atoms with Crippen molar-refractivity contribution < 1.29 is 28.0 Å². The highest BCUT2D eigenvalue weighted by atomic mass is 35.5. The third-order valence-electron chi connectivity index (χ3n) is 12.6. The highest BCUT2D eigenvalue weighted by molar-refractivity contribution is 7.99. The maximum absolute atomic E-state index is 13.9. The summed E-state index contributed by atoms with van der Waals surface area (Å²) < 4.78 is 41.5. The first-order chi connectivity index (χ1) is 25.1. The third-order valence-corrected chi connectivity index (χ3v) is 15.0. The lowest BCUT2D eigenvalue weighted by atomic mass is 9.68. The average molecular weight is 754 g/mol. The molecule has 2 fully saturated rings. The number of nitrogens with zero attached hydrogens (tertiary/aromatic N) is 2. The summed E-state index contributed by atoms with van der Waals surface area (Å²) in [5, 5.41) is 0.434. The Balaban J connectivity index is 1.21. The molecule has 1 spiro atoms. The number of fused-ring (bicyclic) bond motifs is 4. The average Bonchev–Trinajstić information content (AvgIpc) is 3.26. The predicted molar refractivity (Wildman–Crippen MR) is 209 cm³/mol. The summed E-state index contributed by atoms with van der Waals surface area (Å²) in [6, 6.07) is 12.2. The van der Waals surface area contributed by atoms with Gasteiger partial charge in [0.2, 0.25) is 0 Å². The van der Waals surface area contributed by atoms with E-state index < -0.39 is 9.71 Å². The smallest absolute Gasteiger partial charge is 0.262 e. The molecule has 2 aromatic rings. The van der Waals surface area contributed by atoms with E-state index >= 15 is 0 Å². The number of anilines is 1. The molecule has 1 amide bonds. The molecule has 52 heavy (non-hydrogen) atoms. The van der Waals surface area contributed by atoms with Crippen LogP contribution in [0.15, 0.2) is 48.6 Å². The Bertz CT molecular complexity index is 1730. The fraction of sp³-hybridized carbons (Fsp3) is 0.610. The Labute approximate surface area is 315 Å². The number of allylic oxidation sites excluding steroid dienone is 1. The molecule has 1 saturated heterocycles. The number of methoxy groups -OCH3 is 1. The summed E-state index contributed by atoms with van der Waals surface area (Å²) in [6.45, 7) is 10.5. The first-order valence-corrected chi connectivity index (χ1v) is 21.3. The van der Waals surface area contributed by atoms with E-state index in [-0.39, 0.29) is 34.6 Å². The van der Waals surface area contributed by atoms with Crippen LogP contribution in [0.5, 0.6) is 5.75 Å². The first-order valence-electron chi connectivity index (χ1n) is 19.1. The second-order valence-corrected chi connectivity index (χ2v) is 18.7. The van der Waals surface area contributed by atoms with Crippen LogP contribution in [0.25, 0.3) is 0 Å². The van der Waals surface area contributed by atoms with Crippen molar-refractivity contribution in [2.45, 2.75) is 75.2 Å². The molecule has 3 aliphatic heterocycles. The van der Waals surface area contributed by atoms with E-state index in [1.807, 2.05) is 25.1 Å². The van der Waals surface area contributed by atoms with Gasteiger partial charge in [-0.1, -0.05) is 36.7 Å². The van der Waals surface area contributed by atoms with Gasteiger partial charge in [0.25, 0.3) is 5.91 Å². The number of hydrogen-bond donors (Lipinski definition) is 1. The number of amides is 1. The molecule has 8 atom stereocenters. The molecular weight excluding hydrogens is 698 g/mol. The summed E-state index contributed by atoms with van der Waals surface area (Å²) in [6.07, 6.45) is 10.4. The predicted octanol–water partition coefficient (Wildman–Crippen LogP) is 5.92. The number of carbonyl (C=O) groups excluding carboxylic acids is 1. The van der Waals surface area contributed by atoms with Gasteiger partial charge in [-0.25, -0.2) is 4.21 Å². The summed E-state index contributed by atoms with van der Waals surface area (Å²) in [5.74, 6) is 5.23. The van der Waals surface area contributed by atoms with Crippen molar-refractivity contribution >= 4 is 38.8 Å². The van der Waals surface area contributed by atoms with Crippen LogP contribution in [-0.4, -0.2) is 105 Å². The van der Waals surface area contributed by atoms with Crippen LogP contribution in [0, 0.1) is 17.8 Å². The molecule has 1 N–H and O–H groups in total. The molecule has 5 aliphatic rings. The highest BCUT2D eigenvalue weighted by Crippen LogP contribution is 2.47. The van der Waals surface area contributed by atoms with E-state index in [0.29, 0.717) is 50.2 Å². The van der Waals surface area contributed by atoms with Crippen molar-refractivity contribution in [2.24, 2.45) is 17.8 Å². The number of morpholine rings is 1. The van der Waals surface area contributed by atoms with Crippen LogP contribution in [0.4, 0.5) is 5.69 Å². The number of ether oxygens (including phenoxy) is 4. The van der Waals surface area contributed by atoms with Gasteiger partial charge in [-0.05, 0) is 111 Å². The number of rotatable bonds is 6. The molecule has 284 valence electrons. The van der Waals surface area contributed by atoms with E-state index in [4.69, 9.17) is 30.5 Å². The quantitative estimate of drug-likeness (QED) is 0.288. The third kappa shape index (κ3) is 7.94. The fourth-order valence-corrected chi connectivity index (χ4v) is 10.7. The lowest BCUT2D eigenvalue weighted by Gasteiger charge is -2.46. The lowest BCUT2D eigenvalue weighted by Crippen LogP contribution is -2.50. The van der Waals surface area contributed by atoms with Gasteiger partial charge in [-0.2, -0.15) is 0 Å². The maximum atomic E-state index is 13.9. The normalized spacial score (nSPS) is 34.6. The minimum Gasteiger partial charge on any atom is -0.490 e. The van der Waals surface area contributed by atoms with Gasteiger partial charge < -0.3 is 23.8 Å². The number of hydrogen-bond acceptors (Lipinski definition) is 8. The second-order valence-electron chi connectivity index (χ2n) is 15.8. The number of carbonyl (C=O) groups is 1. The van der Waals surface area contributed by atoms with Crippen LogP contribution in [0.2, 0.25) is 5.02 Å². The first kappa shape index (κ1) is 37.7. The Kier molecular flexibility index (Phi) is 11.6. The highest BCUT2D eigenvalue weighted by Gasteiger charge is 2.44. The minimum absolute atomic E-state index is 0.0378. The van der Waals surface area contributed by atoms with Gasteiger partial charge in [-0.3, -0.25) is 14.4 Å². The van der Waals surface area contributed by atoms with Gasteiger partial charge in [-0.15, -0.1) is 0 Å². The van der Waals surface area contributed by atoms with E-state index in [2.05, 4.69) is 51.6 Å². The molecule has 0 aromatic heterocycles. The number of halogens is 1. The molecule has 1 saturated carbocycles. The number of nitrogens with one attached hydrogen (secondary N) is 1. The second kappa shape index (κ2) is 16.0. The van der Waals surface area contributed by atoms with Crippen molar-refractivity contribution in [2.75, 3.05) is 71.2 Å². The van der Waals surface area contributed by atoms with Gasteiger partial charge >= 0.3 is 0 Å². The molecule has 2 aromatic carbocycles. The van der Waals surface area contributed by atoms with Crippen molar-refractivity contribution in [3.63, 3.8) is 0 Å². The summed E-state index contributed by atoms with van der Waals surface area (Å²) in [7, 11) is -1.20. The van der Waals surface area contributed by atoms with Crippen molar-refractivity contribution in [3.8, 4) is 5.75 Å². The van der Waals surface area contributed by atoms with Crippen molar-refractivity contribution in [1.29, 1.82) is 0 Å². The maximum Gasteiger partial charge on any atom is 0.262 e.